The van der Waals surface area contributed by atoms with Gasteiger partial charge in [0, 0.05) is 37.2 Å². The van der Waals surface area contributed by atoms with E-state index in [1.807, 2.05) is 44.2 Å². The van der Waals surface area contributed by atoms with Crippen molar-refractivity contribution in [3.63, 3.8) is 0 Å². The molecule has 0 unspecified atom stereocenters. The van der Waals surface area contributed by atoms with Gasteiger partial charge in [0.2, 0.25) is 11.0 Å². The molecule has 1 N–H and O–H groups in total. The summed E-state index contributed by atoms with van der Waals surface area (Å²) in [6, 6.07) is 8.82. The number of nitrogens with zero attached hydrogens (tertiary/aromatic N) is 4. The smallest absolute Gasteiger partial charge is 0.324 e. The molecule has 1 aromatic carbocycles. The van der Waals surface area contributed by atoms with Crippen LogP contribution in [0.1, 0.15) is 13.8 Å². The van der Waals surface area contributed by atoms with Crippen molar-refractivity contribution in [3.05, 3.63) is 30.3 Å². The Morgan fingerprint density at radius 2 is 2.00 bits per heavy atom. The van der Waals surface area contributed by atoms with Gasteiger partial charge >= 0.3 is 6.03 Å². The van der Waals surface area contributed by atoms with Gasteiger partial charge in [-0.3, -0.25) is 10.1 Å². The second kappa shape index (κ2) is 7.18. The van der Waals surface area contributed by atoms with Crippen LogP contribution in [0.4, 0.5) is 9.93 Å². The lowest BCUT2D eigenvalue weighted by atomic mass is 9.99. The van der Waals surface area contributed by atoms with Gasteiger partial charge in [-0.15, -0.1) is 0 Å². The Balaban J connectivity index is 1.73. The number of anilines is 1. The molecule has 3 amide bonds. The minimum absolute atomic E-state index is 0.0290. The van der Waals surface area contributed by atoms with E-state index >= 15 is 0 Å². The molecular weight excluding hydrogens is 338 g/mol. The number of hydrogen-bond donors (Lipinski definition) is 1. The van der Waals surface area contributed by atoms with Crippen LogP contribution in [0.2, 0.25) is 0 Å². The molecule has 0 spiro atoms. The van der Waals surface area contributed by atoms with Crippen molar-refractivity contribution < 1.29 is 9.59 Å². The number of hydrogen-bond acceptors (Lipinski definition) is 5. The van der Waals surface area contributed by atoms with E-state index in [-0.39, 0.29) is 17.9 Å². The van der Waals surface area contributed by atoms with Crippen molar-refractivity contribution in [2.75, 3.05) is 25.5 Å². The molecule has 0 saturated carbocycles. The summed E-state index contributed by atoms with van der Waals surface area (Å²) in [5.74, 6) is 0.588. The molecule has 0 radical (unpaired) electrons. The Morgan fingerprint density at radius 3 is 2.68 bits per heavy atom. The number of aromatic nitrogens is 2. The first-order valence-corrected chi connectivity index (χ1v) is 8.96. The fourth-order valence-electron chi connectivity index (χ4n) is 2.88. The second-order valence-electron chi connectivity index (χ2n) is 6.36. The summed E-state index contributed by atoms with van der Waals surface area (Å²) in [5, 5.41) is 3.21. The van der Waals surface area contributed by atoms with E-state index in [9.17, 15) is 9.59 Å². The maximum atomic E-state index is 12.7. The van der Waals surface area contributed by atoms with Crippen LogP contribution < -0.4 is 5.32 Å². The van der Waals surface area contributed by atoms with Crippen LogP contribution in [0.15, 0.2) is 30.3 Å². The highest BCUT2D eigenvalue weighted by Crippen LogP contribution is 2.23. The first-order chi connectivity index (χ1) is 12.0. The summed E-state index contributed by atoms with van der Waals surface area (Å²) < 4.78 is 4.29. The molecule has 0 bridgehead atoms. The standard InChI is InChI=1S/C17H21N5O2S/c1-11(2)13-15(23)21(3)9-10-22(13)17(24)19-16-18-14(20-25-16)12-7-5-4-6-8-12/h4-8,11,13H,9-10H2,1-3H3,(H,18,19,20,24)/t13-/m0/s1. The molecule has 1 aliphatic rings. The highest BCUT2D eigenvalue weighted by molar-refractivity contribution is 7.10. The van der Waals surface area contributed by atoms with Gasteiger partial charge in [0.25, 0.3) is 0 Å². The van der Waals surface area contributed by atoms with Crippen LogP contribution >= 0.6 is 11.5 Å². The molecule has 1 saturated heterocycles. The molecule has 8 heteroatoms. The molecule has 3 rings (SSSR count). The Labute approximate surface area is 150 Å². The molecule has 1 atom stereocenters. The van der Waals surface area contributed by atoms with E-state index in [2.05, 4.69) is 14.7 Å². The highest BCUT2D eigenvalue weighted by atomic mass is 32.1. The topological polar surface area (TPSA) is 78.4 Å². The number of carbonyl (C=O) groups excluding carboxylic acids is 2. The molecule has 2 aromatic rings. The van der Waals surface area contributed by atoms with Crippen molar-refractivity contribution >= 4 is 28.6 Å². The van der Waals surface area contributed by atoms with Crippen molar-refractivity contribution in [3.8, 4) is 11.4 Å². The Kier molecular flexibility index (Phi) is 4.98. The SMILES string of the molecule is CC(C)[C@H]1C(=O)N(C)CCN1C(=O)Nc1nc(-c2ccccc2)ns1. The largest absolute Gasteiger partial charge is 0.342 e. The first kappa shape index (κ1) is 17.3. The molecular formula is C17H21N5O2S. The normalized spacial score (nSPS) is 17.9. The number of nitrogens with one attached hydrogen (secondary N) is 1. The van der Waals surface area contributed by atoms with Crippen molar-refractivity contribution in [1.82, 2.24) is 19.2 Å². The van der Waals surface area contributed by atoms with Crippen molar-refractivity contribution in [2.24, 2.45) is 5.92 Å². The minimum Gasteiger partial charge on any atom is -0.342 e. The molecule has 2 heterocycles. The number of rotatable bonds is 3. The van der Waals surface area contributed by atoms with E-state index in [0.717, 1.165) is 17.1 Å². The summed E-state index contributed by atoms with van der Waals surface area (Å²) in [5.41, 5.74) is 0.897. The fourth-order valence-corrected chi connectivity index (χ4v) is 3.46. The molecule has 0 aliphatic carbocycles. The summed E-state index contributed by atoms with van der Waals surface area (Å²) >= 11 is 1.13. The van der Waals surface area contributed by atoms with Gasteiger partial charge in [0.15, 0.2) is 5.82 Å². The van der Waals surface area contributed by atoms with Gasteiger partial charge < -0.3 is 9.80 Å². The number of benzene rings is 1. The van der Waals surface area contributed by atoms with Crippen LogP contribution in [0.5, 0.6) is 0 Å². The summed E-state index contributed by atoms with van der Waals surface area (Å²) in [6.45, 7) is 4.92. The zero-order valence-electron chi connectivity index (χ0n) is 14.5. The van der Waals surface area contributed by atoms with Gasteiger partial charge in [0.1, 0.15) is 6.04 Å². The van der Waals surface area contributed by atoms with Gasteiger partial charge in [-0.25, -0.2) is 4.79 Å². The third kappa shape index (κ3) is 3.63. The molecule has 25 heavy (non-hydrogen) atoms. The van der Waals surface area contributed by atoms with E-state index in [4.69, 9.17) is 0 Å². The number of urea groups is 1. The second-order valence-corrected chi connectivity index (χ2v) is 7.11. The Morgan fingerprint density at radius 1 is 1.28 bits per heavy atom. The van der Waals surface area contributed by atoms with Gasteiger partial charge in [-0.2, -0.15) is 9.36 Å². The molecule has 1 aliphatic heterocycles. The Bertz CT molecular complexity index is 761. The summed E-state index contributed by atoms with van der Waals surface area (Å²) in [7, 11) is 1.77. The Hall–Kier alpha value is -2.48. The average molecular weight is 359 g/mol. The number of likely N-dealkylation sites (N-methyl/N-ethyl adjacent to an activating group) is 1. The van der Waals surface area contributed by atoms with E-state index < -0.39 is 6.04 Å². The lowest BCUT2D eigenvalue weighted by Gasteiger charge is -2.40. The summed E-state index contributed by atoms with van der Waals surface area (Å²) in [6.07, 6.45) is 0. The van der Waals surface area contributed by atoms with Gasteiger partial charge in [-0.1, -0.05) is 44.2 Å². The molecule has 1 fully saturated rings. The number of amides is 3. The maximum Gasteiger partial charge on any atom is 0.324 e. The lowest BCUT2D eigenvalue weighted by Crippen LogP contribution is -2.60. The predicted molar refractivity (Wildman–Crippen MR) is 97.3 cm³/mol. The van der Waals surface area contributed by atoms with Crippen LogP contribution in [-0.4, -0.2) is 57.3 Å². The maximum absolute atomic E-state index is 12.7. The van der Waals surface area contributed by atoms with Crippen molar-refractivity contribution in [1.29, 1.82) is 0 Å². The van der Waals surface area contributed by atoms with Gasteiger partial charge in [-0.05, 0) is 5.92 Å². The summed E-state index contributed by atoms with van der Waals surface area (Å²) in [4.78, 5) is 32.7. The zero-order valence-corrected chi connectivity index (χ0v) is 15.3. The molecule has 7 nitrogen and oxygen atoms in total. The van der Waals surface area contributed by atoms with Gasteiger partial charge in [0.05, 0.1) is 0 Å². The average Bonchev–Trinajstić information content (AvgIpc) is 3.06. The van der Waals surface area contributed by atoms with Crippen LogP contribution in [0, 0.1) is 5.92 Å². The van der Waals surface area contributed by atoms with E-state index in [1.54, 1.807) is 16.8 Å². The quantitative estimate of drug-likeness (QED) is 0.913. The molecule has 1 aromatic heterocycles. The third-order valence-corrected chi connectivity index (χ3v) is 4.84. The first-order valence-electron chi connectivity index (χ1n) is 8.19. The fraction of sp³-hybridized carbons (Fsp3) is 0.412. The highest BCUT2D eigenvalue weighted by Gasteiger charge is 2.38. The monoisotopic (exact) mass is 359 g/mol. The minimum atomic E-state index is -0.458. The molecule has 132 valence electrons. The predicted octanol–water partition coefficient (Wildman–Crippen LogP) is 2.54. The zero-order chi connectivity index (χ0) is 18.0. The van der Waals surface area contributed by atoms with E-state index in [1.165, 1.54) is 0 Å². The van der Waals surface area contributed by atoms with Crippen LogP contribution in [0.25, 0.3) is 11.4 Å². The van der Waals surface area contributed by atoms with E-state index in [0.29, 0.717) is 24.0 Å². The lowest BCUT2D eigenvalue weighted by molar-refractivity contribution is -0.139. The number of carbonyl (C=O) groups is 2. The van der Waals surface area contributed by atoms with Crippen molar-refractivity contribution in [2.45, 2.75) is 19.9 Å². The number of piperazine rings is 1. The third-order valence-electron chi connectivity index (χ3n) is 4.21. The van der Waals surface area contributed by atoms with Crippen LogP contribution in [-0.2, 0) is 4.79 Å². The van der Waals surface area contributed by atoms with Crippen LogP contribution in [0.3, 0.4) is 0 Å².